The van der Waals surface area contributed by atoms with E-state index in [0.29, 0.717) is 5.92 Å². The Morgan fingerprint density at radius 3 is 2.58 bits per heavy atom. The standard InChI is InChI=1S/C10H10FN/c11-10-3-1-8(2-4-10)9-5-6-12-7-9/h1-4,7,9H,5-6H2/t9-/m1/s1. The van der Waals surface area contributed by atoms with Gasteiger partial charge in [0.05, 0.1) is 0 Å². The van der Waals surface area contributed by atoms with Gasteiger partial charge in [0, 0.05) is 18.7 Å². The zero-order valence-electron chi connectivity index (χ0n) is 6.70. The first-order valence-electron chi connectivity index (χ1n) is 4.12. The molecule has 12 heavy (non-hydrogen) atoms. The Balaban J connectivity index is 2.23. The minimum Gasteiger partial charge on any atom is -0.297 e. The number of rotatable bonds is 1. The Hall–Kier alpha value is -1.18. The van der Waals surface area contributed by atoms with E-state index in [0.717, 1.165) is 18.5 Å². The van der Waals surface area contributed by atoms with Gasteiger partial charge < -0.3 is 0 Å². The lowest BCUT2D eigenvalue weighted by atomic mass is 9.99. The molecular formula is C10H10FN. The van der Waals surface area contributed by atoms with Gasteiger partial charge in [-0.1, -0.05) is 12.1 Å². The summed E-state index contributed by atoms with van der Waals surface area (Å²) in [6, 6.07) is 6.66. The van der Waals surface area contributed by atoms with Gasteiger partial charge in [-0.25, -0.2) is 4.39 Å². The second-order valence-corrected chi connectivity index (χ2v) is 3.00. The van der Waals surface area contributed by atoms with Crippen molar-refractivity contribution in [3.63, 3.8) is 0 Å². The van der Waals surface area contributed by atoms with Gasteiger partial charge in [-0.15, -0.1) is 0 Å². The molecule has 0 amide bonds. The van der Waals surface area contributed by atoms with Crippen molar-refractivity contribution in [1.82, 2.24) is 0 Å². The van der Waals surface area contributed by atoms with Crippen molar-refractivity contribution in [2.75, 3.05) is 6.54 Å². The van der Waals surface area contributed by atoms with E-state index >= 15 is 0 Å². The van der Waals surface area contributed by atoms with Crippen LogP contribution in [0.3, 0.4) is 0 Å². The van der Waals surface area contributed by atoms with E-state index in [-0.39, 0.29) is 5.82 Å². The summed E-state index contributed by atoms with van der Waals surface area (Å²) in [5.74, 6) is 0.235. The van der Waals surface area contributed by atoms with Crippen LogP contribution >= 0.6 is 0 Å². The highest BCUT2D eigenvalue weighted by atomic mass is 19.1. The molecule has 1 aliphatic rings. The van der Waals surface area contributed by atoms with E-state index in [1.54, 1.807) is 0 Å². The van der Waals surface area contributed by atoms with Crippen molar-refractivity contribution < 1.29 is 4.39 Å². The highest BCUT2D eigenvalue weighted by molar-refractivity contribution is 5.69. The summed E-state index contributed by atoms with van der Waals surface area (Å²) in [5.41, 5.74) is 1.16. The Bertz CT molecular complexity index is 289. The molecule has 0 aliphatic carbocycles. The van der Waals surface area contributed by atoms with E-state index in [4.69, 9.17) is 0 Å². The normalized spacial score (nSPS) is 21.6. The molecule has 0 bridgehead atoms. The fourth-order valence-corrected chi connectivity index (χ4v) is 1.45. The topological polar surface area (TPSA) is 12.4 Å². The second kappa shape index (κ2) is 3.05. The van der Waals surface area contributed by atoms with Gasteiger partial charge in [0.1, 0.15) is 5.82 Å². The molecule has 1 aliphatic heterocycles. The Morgan fingerprint density at radius 1 is 1.25 bits per heavy atom. The van der Waals surface area contributed by atoms with Crippen LogP contribution in [0.2, 0.25) is 0 Å². The molecule has 62 valence electrons. The molecule has 0 unspecified atom stereocenters. The van der Waals surface area contributed by atoms with E-state index < -0.39 is 0 Å². The fourth-order valence-electron chi connectivity index (χ4n) is 1.45. The summed E-state index contributed by atoms with van der Waals surface area (Å²) >= 11 is 0. The van der Waals surface area contributed by atoms with Crippen molar-refractivity contribution in [2.24, 2.45) is 4.99 Å². The first-order chi connectivity index (χ1) is 5.86. The first kappa shape index (κ1) is 7.47. The number of nitrogens with zero attached hydrogens (tertiary/aromatic N) is 1. The second-order valence-electron chi connectivity index (χ2n) is 3.00. The smallest absolute Gasteiger partial charge is 0.123 e. The minimum atomic E-state index is -0.173. The minimum absolute atomic E-state index is 0.173. The molecule has 2 rings (SSSR count). The molecule has 0 saturated carbocycles. The SMILES string of the molecule is Fc1ccc([C@H]2C=NCC2)cc1. The van der Waals surface area contributed by atoms with Crippen LogP contribution in [0.25, 0.3) is 0 Å². The third-order valence-corrected chi connectivity index (χ3v) is 2.15. The Morgan fingerprint density at radius 2 is 2.00 bits per heavy atom. The quantitative estimate of drug-likeness (QED) is 0.602. The van der Waals surface area contributed by atoms with E-state index in [2.05, 4.69) is 4.99 Å². The zero-order chi connectivity index (χ0) is 8.39. The van der Waals surface area contributed by atoms with Gasteiger partial charge in [-0.3, -0.25) is 4.99 Å². The summed E-state index contributed by atoms with van der Waals surface area (Å²) in [7, 11) is 0. The largest absolute Gasteiger partial charge is 0.297 e. The van der Waals surface area contributed by atoms with Gasteiger partial charge in [0.2, 0.25) is 0 Å². The molecular weight excluding hydrogens is 153 g/mol. The highest BCUT2D eigenvalue weighted by Crippen LogP contribution is 2.21. The van der Waals surface area contributed by atoms with Gasteiger partial charge in [-0.05, 0) is 24.1 Å². The number of aliphatic imine (C=N–C) groups is 1. The van der Waals surface area contributed by atoms with Crippen LogP contribution < -0.4 is 0 Å². The van der Waals surface area contributed by atoms with Crippen LogP contribution in [0.4, 0.5) is 4.39 Å². The predicted molar refractivity (Wildman–Crippen MR) is 47.1 cm³/mol. The van der Waals surface area contributed by atoms with Crippen molar-refractivity contribution >= 4 is 6.21 Å². The van der Waals surface area contributed by atoms with Crippen LogP contribution in [0.15, 0.2) is 29.3 Å². The molecule has 1 heterocycles. The molecule has 0 N–H and O–H groups in total. The fraction of sp³-hybridized carbons (Fsp3) is 0.300. The predicted octanol–water partition coefficient (Wildman–Crippen LogP) is 2.38. The molecule has 0 fully saturated rings. The van der Waals surface area contributed by atoms with Crippen LogP contribution in [0.5, 0.6) is 0 Å². The maximum absolute atomic E-state index is 12.5. The summed E-state index contributed by atoms with van der Waals surface area (Å²) < 4.78 is 12.5. The summed E-state index contributed by atoms with van der Waals surface area (Å²) in [4.78, 5) is 4.14. The lowest BCUT2D eigenvalue weighted by Gasteiger charge is -2.04. The molecule has 0 saturated heterocycles. The maximum atomic E-state index is 12.5. The molecule has 0 radical (unpaired) electrons. The van der Waals surface area contributed by atoms with Crippen LogP contribution in [0.1, 0.15) is 17.9 Å². The number of hydrogen-bond acceptors (Lipinski definition) is 1. The summed E-state index contributed by atoms with van der Waals surface area (Å²) in [5, 5.41) is 0. The number of halogens is 1. The molecule has 1 aromatic carbocycles. The lowest BCUT2D eigenvalue weighted by Crippen LogP contribution is -1.95. The van der Waals surface area contributed by atoms with Crippen LogP contribution in [-0.4, -0.2) is 12.8 Å². The monoisotopic (exact) mass is 163 g/mol. The van der Waals surface area contributed by atoms with Gasteiger partial charge >= 0.3 is 0 Å². The van der Waals surface area contributed by atoms with Gasteiger partial charge in [0.25, 0.3) is 0 Å². The number of benzene rings is 1. The first-order valence-corrected chi connectivity index (χ1v) is 4.12. The lowest BCUT2D eigenvalue weighted by molar-refractivity contribution is 0.626. The Kier molecular flexibility index (Phi) is 1.90. The molecule has 1 nitrogen and oxygen atoms in total. The average Bonchev–Trinajstić information content (AvgIpc) is 2.58. The summed E-state index contributed by atoms with van der Waals surface area (Å²) in [6.07, 6.45) is 3.01. The number of hydrogen-bond donors (Lipinski definition) is 0. The highest BCUT2D eigenvalue weighted by Gasteiger charge is 2.11. The van der Waals surface area contributed by atoms with Crippen molar-refractivity contribution in [3.05, 3.63) is 35.6 Å². The summed E-state index contributed by atoms with van der Waals surface area (Å²) in [6.45, 7) is 0.905. The molecule has 1 aromatic rings. The van der Waals surface area contributed by atoms with E-state index in [1.165, 1.54) is 12.1 Å². The molecule has 1 atom stereocenters. The maximum Gasteiger partial charge on any atom is 0.123 e. The van der Waals surface area contributed by atoms with Crippen molar-refractivity contribution in [1.29, 1.82) is 0 Å². The molecule has 0 spiro atoms. The van der Waals surface area contributed by atoms with Crippen molar-refractivity contribution in [3.8, 4) is 0 Å². The molecule has 2 heteroatoms. The van der Waals surface area contributed by atoms with E-state index in [1.807, 2.05) is 18.3 Å². The van der Waals surface area contributed by atoms with Crippen LogP contribution in [0, 0.1) is 5.82 Å². The van der Waals surface area contributed by atoms with E-state index in [9.17, 15) is 4.39 Å². The average molecular weight is 163 g/mol. The van der Waals surface area contributed by atoms with Crippen LogP contribution in [-0.2, 0) is 0 Å². The van der Waals surface area contributed by atoms with Gasteiger partial charge in [-0.2, -0.15) is 0 Å². The third kappa shape index (κ3) is 1.37. The van der Waals surface area contributed by atoms with Gasteiger partial charge in [0.15, 0.2) is 0 Å². The molecule has 0 aromatic heterocycles. The zero-order valence-corrected chi connectivity index (χ0v) is 6.70. The van der Waals surface area contributed by atoms with Crippen molar-refractivity contribution in [2.45, 2.75) is 12.3 Å². The third-order valence-electron chi connectivity index (χ3n) is 2.15. The Labute approximate surface area is 70.9 Å².